The Kier molecular flexibility index (Phi) is 5.32. The molecule has 1 aromatic carbocycles. The third-order valence-electron chi connectivity index (χ3n) is 5.19. The minimum Gasteiger partial charge on any atom is -0.411 e. The van der Waals surface area contributed by atoms with Crippen molar-refractivity contribution >= 4 is 17.1 Å². The first kappa shape index (κ1) is 20.1. The minimum absolute atomic E-state index is 0.0392. The van der Waals surface area contributed by atoms with Gasteiger partial charge < -0.3 is 5.21 Å². The van der Waals surface area contributed by atoms with E-state index in [0.29, 0.717) is 22.8 Å². The largest absolute Gasteiger partial charge is 0.411 e. The molecule has 3 aromatic rings. The van der Waals surface area contributed by atoms with Gasteiger partial charge in [-0.15, -0.1) is 0 Å². The number of hydrogen-bond acceptors (Lipinski definition) is 4. The Morgan fingerprint density at radius 1 is 1.23 bits per heavy atom. The molecule has 156 valence electrons. The predicted octanol–water partition coefficient (Wildman–Crippen LogP) is 5.04. The van der Waals surface area contributed by atoms with E-state index in [1.54, 1.807) is 24.4 Å². The summed E-state index contributed by atoms with van der Waals surface area (Å²) in [5, 5.41) is 12.7. The van der Waals surface area contributed by atoms with Gasteiger partial charge in [-0.3, -0.25) is 9.20 Å². The standard InChI is InChI=1S/C22H20F3N3O2/c23-22(24,25)8-6-18(29)11-14-2-1-3-16(10-14)19-13-26-20-12-17(7-9-28(19)20)21(27-30)15-4-5-15/h1-3,7,9-10,12-13,15,30H,4-6,8,11H2. The van der Waals surface area contributed by atoms with Crippen molar-refractivity contribution in [3.63, 3.8) is 0 Å². The maximum Gasteiger partial charge on any atom is 0.389 e. The summed E-state index contributed by atoms with van der Waals surface area (Å²) in [5.41, 5.74) is 4.46. The lowest BCUT2D eigenvalue weighted by molar-refractivity contribution is -0.143. The SMILES string of the molecule is O=C(CCC(F)(F)F)Cc1cccc(-c2cnc3cc(C(=NO)C4CC4)ccn23)c1. The maximum atomic E-state index is 12.3. The van der Waals surface area contributed by atoms with Crippen LogP contribution in [0.2, 0.25) is 0 Å². The van der Waals surface area contributed by atoms with E-state index in [0.717, 1.165) is 29.7 Å². The normalized spacial score (nSPS) is 15.0. The van der Waals surface area contributed by atoms with E-state index in [1.165, 1.54) is 0 Å². The van der Waals surface area contributed by atoms with E-state index in [9.17, 15) is 23.2 Å². The highest BCUT2D eigenvalue weighted by Crippen LogP contribution is 2.34. The van der Waals surface area contributed by atoms with E-state index in [2.05, 4.69) is 10.1 Å². The van der Waals surface area contributed by atoms with Gasteiger partial charge in [-0.25, -0.2) is 4.98 Å². The molecule has 30 heavy (non-hydrogen) atoms. The van der Waals surface area contributed by atoms with E-state index in [-0.39, 0.29) is 6.42 Å². The number of Topliss-reactive ketones (excluding diaryl/α,β-unsaturated/α-hetero) is 1. The van der Waals surface area contributed by atoms with Crippen LogP contribution in [0.5, 0.6) is 0 Å². The second-order valence-electron chi connectivity index (χ2n) is 7.58. The Labute approximate surface area is 170 Å². The number of benzene rings is 1. The van der Waals surface area contributed by atoms with Crippen LogP contribution in [0.4, 0.5) is 13.2 Å². The molecule has 8 heteroatoms. The second-order valence-corrected chi connectivity index (χ2v) is 7.58. The third kappa shape index (κ3) is 4.53. The number of alkyl halides is 3. The minimum atomic E-state index is -4.33. The monoisotopic (exact) mass is 415 g/mol. The molecule has 0 aliphatic heterocycles. The number of fused-ring (bicyclic) bond motifs is 1. The molecule has 1 N–H and O–H groups in total. The molecule has 0 amide bonds. The fourth-order valence-electron chi connectivity index (χ4n) is 3.52. The smallest absolute Gasteiger partial charge is 0.389 e. The molecule has 5 nitrogen and oxygen atoms in total. The number of imidazole rings is 1. The zero-order valence-corrected chi connectivity index (χ0v) is 16.1. The fourth-order valence-corrected chi connectivity index (χ4v) is 3.52. The number of nitrogens with zero attached hydrogens (tertiary/aromatic N) is 3. The molecule has 0 saturated heterocycles. The molecule has 4 rings (SSSR count). The molecule has 1 aliphatic rings. The number of aromatic nitrogens is 2. The van der Waals surface area contributed by atoms with E-state index in [4.69, 9.17) is 0 Å². The number of ketones is 1. The molecule has 2 heterocycles. The number of carbonyl (C=O) groups excluding carboxylic acids is 1. The summed E-state index contributed by atoms with van der Waals surface area (Å²) in [6.45, 7) is 0. The Morgan fingerprint density at radius 3 is 2.73 bits per heavy atom. The molecule has 1 fully saturated rings. The number of rotatable bonds is 7. The Bertz CT molecular complexity index is 1110. The highest BCUT2D eigenvalue weighted by Gasteiger charge is 2.29. The van der Waals surface area contributed by atoms with Crippen molar-refractivity contribution in [1.29, 1.82) is 0 Å². The van der Waals surface area contributed by atoms with Crippen molar-refractivity contribution in [2.24, 2.45) is 11.1 Å². The number of pyridine rings is 1. The van der Waals surface area contributed by atoms with Crippen molar-refractivity contribution in [2.75, 3.05) is 0 Å². The Hall–Kier alpha value is -3.16. The van der Waals surface area contributed by atoms with Crippen molar-refractivity contribution in [2.45, 2.75) is 38.3 Å². The highest BCUT2D eigenvalue weighted by atomic mass is 19.4. The lowest BCUT2D eigenvalue weighted by Crippen LogP contribution is -2.12. The van der Waals surface area contributed by atoms with Crippen LogP contribution in [0.1, 0.15) is 36.8 Å². The third-order valence-corrected chi connectivity index (χ3v) is 5.19. The number of oxime groups is 1. The molecule has 0 unspecified atom stereocenters. The first-order valence-electron chi connectivity index (χ1n) is 9.71. The molecule has 0 spiro atoms. The van der Waals surface area contributed by atoms with Crippen molar-refractivity contribution in [3.8, 4) is 11.3 Å². The molecule has 1 saturated carbocycles. The summed E-state index contributed by atoms with van der Waals surface area (Å²) in [4.78, 5) is 16.3. The molecule has 2 aromatic heterocycles. The van der Waals surface area contributed by atoms with Gasteiger partial charge in [0.15, 0.2) is 0 Å². The van der Waals surface area contributed by atoms with Gasteiger partial charge in [-0.1, -0.05) is 23.4 Å². The van der Waals surface area contributed by atoms with Crippen molar-refractivity contribution in [1.82, 2.24) is 9.38 Å². The topological polar surface area (TPSA) is 67.0 Å². The number of halogens is 3. The quantitative estimate of drug-likeness (QED) is 0.334. The lowest BCUT2D eigenvalue weighted by Gasteiger charge is -2.08. The van der Waals surface area contributed by atoms with Crippen LogP contribution in [0.15, 0.2) is 53.9 Å². The van der Waals surface area contributed by atoms with Crippen LogP contribution in [-0.4, -0.2) is 32.3 Å². The fraction of sp³-hybridized carbons (Fsp3) is 0.318. The van der Waals surface area contributed by atoms with E-state index < -0.39 is 24.8 Å². The van der Waals surface area contributed by atoms with Gasteiger partial charge in [-0.2, -0.15) is 13.2 Å². The summed E-state index contributed by atoms with van der Waals surface area (Å²) in [6, 6.07) is 10.9. The summed E-state index contributed by atoms with van der Waals surface area (Å²) < 4.78 is 38.8. The van der Waals surface area contributed by atoms with Gasteiger partial charge in [0.2, 0.25) is 0 Å². The summed E-state index contributed by atoms with van der Waals surface area (Å²) in [7, 11) is 0. The number of carbonyl (C=O) groups is 1. The van der Waals surface area contributed by atoms with Crippen molar-refractivity contribution < 1.29 is 23.2 Å². The van der Waals surface area contributed by atoms with Crippen molar-refractivity contribution in [3.05, 3.63) is 59.9 Å². The van der Waals surface area contributed by atoms with Crippen LogP contribution < -0.4 is 0 Å². The average Bonchev–Trinajstić information content (AvgIpc) is 3.45. The van der Waals surface area contributed by atoms with Gasteiger partial charge in [-0.05, 0) is 36.6 Å². The van der Waals surface area contributed by atoms with Gasteiger partial charge in [0, 0.05) is 36.1 Å². The van der Waals surface area contributed by atoms with Gasteiger partial charge in [0.05, 0.1) is 24.0 Å². The van der Waals surface area contributed by atoms with Crippen LogP contribution in [-0.2, 0) is 11.2 Å². The summed E-state index contributed by atoms with van der Waals surface area (Å²) >= 11 is 0. The molecular formula is C22H20F3N3O2. The summed E-state index contributed by atoms with van der Waals surface area (Å²) in [6.07, 6.45) is -0.395. The Balaban J connectivity index is 1.55. The summed E-state index contributed by atoms with van der Waals surface area (Å²) in [5.74, 6) is -0.151. The maximum absolute atomic E-state index is 12.3. The lowest BCUT2D eigenvalue weighted by atomic mass is 10.0. The Morgan fingerprint density at radius 2 is 2.03 bits per heavy atom. The molecule has 0 radical (unpaired) electrons. The molecule has 1 aliphatic carbocycles. The van der Waals surface area contributed by atoms with E-state index in [1.807, 2.05) is 28.8 Å². The van der Waals surface area contributed by atoms with Crippen LogP contribution in [0.25, 0.3) is 16.9 Å². The highest BCUT2D eigenvalue weighted by molar-refractivity contribution is 6.03. The van der Waals surface area contributed by atoms with Crippen LogP contribution >= 0.6 is 0 Å². The zero-order chi connectivity index (χ0) is 21.3. The molecule has 0 atom stereocenters. The van der Waals surface area contributed by atoms with Gasteiger partial charge in [0.25, 0.3) is 0 Å². The van der Waals surface area contributed by atoms with E-state index >= 15 is 0 Å². The second kappa shape index (κ2) is 7.93. The molecule has 0 bridgehead atoms. The number of hydrogen-bond donors (Lipinski definition) is 1. The van der Waals surface area contributed by atoms with Crippen LogP contribution in [0, 0.1) is 5.92 Å². The zero-order valence-electron chi connectivity index (χ0n) is 16.1. The van der Waals surface area contributed by atoms with Gasteiger partial charge in [0.1, 0.15) is 11.4 Å². The first-order chi connectivity index (χ1) is 14.3. The molecular weight excluding hydrogens is 395 g/mol. The predicted molar refractivity (Wildman–Crippen MR) is 106 cm³/mol. The van der Waals surface area contributed by atoms with Crippen LogP contribution in [0.3, 0.4) is 0 Å². The average molecular weight is 415 g/mol. The first-order valence-corrected chi connectivity index (χ1v) is 9.71. The van der Waals surface area contributed by atoms with Gasteiger partial charge >= 0.3 is 6.18 Å².